The highest BCUT2D eigenvalue weighted by Crippen LogP contribution is 2.55. The summed E-state index contributed by atoms with van der Waals surface area (Å²) in [6.45, 7) is 2.11. The zero-order valence-electron chi connectivity index (χ0n) is 11.9. The smallest absolute Gasteiger partial charge is 0.417 e. The van der Waals surface area contributed by atoms with Gasteiger partial charge in [0, 0.05) is 17.0 Å². The van der Waals surface area contributed by atoms with E-state index >= 15 is 0 Å². The fraction of sp³-hybridized carbons (Fsp3) is 0.200. The third-order valence-electron chi connectivity index (χ3n) is 3.48. The van der Waals surface area contributed by atoms with E-state index in [1.165, 1.54) is 0 Å². The fourth-order valence-corrected chi connectivity index (χ4v) is 4.02. The summed E-state index contributed by atoms with van der Waals surface area (Å²) in [5.74, 6) is 1.44. The molecule has 1 aliphatic heterocycles. The molecule has 7 heteroatoms. The molecule has 1 aliphatic rings. The summed E-state index contributed by atoms with van der Waals surface area (Å²) < 4.78 is 16.5. The molecule has 2 N–H and O–H groups in total. The Hall–Kier alpha value is -1.22. The zero-order valence-corrected chi connectivity index (χ0v) is 13.7. The summed E-state index contributed by atoms with van der Waals surface area (Å²) in [6, 6.07) is 15.4. The molecule has 0 aliphatic carbocycles. The van der Waals surface area contributed by atoms with E-state index in [0.29, 0.717) is 11.5 Å². The second kappa shape index (κ2) is 6.91. The minimum atomic E-state index is -2.56. The minimum Gasteiger partial charge on any atom is -0.417 e. The highest BCUT2D eigenvalue weighted by molar-refractivity contribution is 7.55. The maximum absolute atomic E-state index is 9.12. The zero-order chi connectivity index (χ0) is 15.5. The Morgan fingerprint density at radius 2 is 1.50 bits per heavy atom. The van der Waals surface area contributed by atoms with Crippen LogP contribution in [0.1, 0.15) is 30.4 Å². The van der Waals surface area contributed by atoms with Gasteiger partial charge in [-0.25, -0.2) is 4.31 Å². The Morgan fingerprint density at radius 3 is 1.95 bits per heavy atom. The Labute approximate surface area is 131 Å². The molecule has 2 aromatic rings. The molecule has 3 rings (SSSR count). The highest BCUT2D eigenvalue weighted by Gasteiger charge is 2.30. The van der Waals surface area contributed by atoms with Gasteiger partial charge >= 0.3 is 17.2 Å². The first-order valence-electron chi connectivity index (χ1n) is 6.89. The standard InChI is InChI=1S/C15H16O5P2/c1-2-11-12-7-3-5-9-14(12)18-22(20-21(16)17)19-15-10-6-4-8-13(11)15/h3-11,16-17H,2H2,1H3. The van der Waals surface area contributed by atoms with Crippen LogP contribution in [-0.4, -0.2) is 9.79 Å². The molecule has 5 nitrogen and oxygen atoms in total. The van der Waals surface area contributed by atoms with E-state index in [9.17, 15) is 0 Å². The van der Waals surface area contributed by atoms with Crippen LogP contribution in [0.4, 0.5) is 0 Å². The number of para-hydroxylation sites is 2. The van der Waals surface area contributed by atoms with E-state index in [0.717, 1.165) is 17.5 Å². The van der Waals surface area contributed by atoms with Crippen molar-refractivity contribution in [3.8, 4) is 11.5 Å². The van der Waals surface area contributed by atoms with Crippen LogP contribution in [0.3, 0.4) is 0 Å². The second-order valence-corrected chi connectivity index (χ2v) is 6.75. The van der Waals surface area contributed by atoms with Crippen molar-refractivity contribution >= 4 is 17.2 Å². The molecule has 0 radical (unpaired) electrons. The van der Waals surface area contributed by atoms with Crippen molar-refractivity contribution in [2.75, 3.05) is 0 Å². The van der Waals surface area contributed by atoms with Crippen molar-refractivity contribution in [1.29, 1.82) is 0 Å². The Kier molecular flexibility index (Phi) is 4.92. The van der Waals surface area contributed by atoms with Crippen LogP contribution < -0.4 is 9.05 Å². The SMILES string of the molecule is CCC1c2ccccc2OP(OP(O)O)Oc2ccccc21. The van der Waals surface area contributed by atoms with Gasteiger partial charge < -0.3 is 18.8 Å². The molecule has 0 saturated heterocycles. The average molecular weight is 338 g/mol. The summed E-state index contributed by atoms with van der Waals surface area (Å²) in [7, 11) is -4.48. The first kappa shape index (κ1) is 15.7. The van der Waals surface area contributed by atoms with Crippen LogP contribution in [0.5, 0.6) is 11.5 Å². The largest absolute Gasteiger partial charge is 0.470 e. The number of hydrogen-bond donors (Lipinski definition) is 2. The maximum atomic E-state index is 9.12. The molecule has 116 valence electrons. The quantitative estimate of drug-likeness (QED) is 0.809. The lowest BCUT2D eigenvalue weighted by atomic mass is 9.88. The molecule has 0 bridgehead atoms. The van der Waals surface area contributed by atoms with Crippen molar-refractivity contribution in [2.24, 2.45) is 0 Å². The fourth-order valence-electron chi connectivity index (χ4n) is 2.58. The van der Waals surface area contributed by atoms with E-state index in [4.69, 9.17) is 23.1 Å². The van der Waals surface area contributed by atoms with Gasteiger partial charge in [0.05, 0.1) is 0 Å². The van der Waals surface area contributed by atoms with Crippen LogP contribution in [0.2, 0.25) is 0 Å². The lowest BCUT2D eigenvalue weighted by Gasteiger charge is -2.27. The number of benzene rings is 2. The molecule has 1 heterocycles. The van der Waals surface area contributed by atoms with Gasteiger partial charge in [0.2, 0.25) is 0 Å². The van der Waals surface area contributed by atoms with Gasteiger partial charge in [-0.3, -0.25) is 0 Å². The van der Waals surface area contributed by atoms with Gasteiger partial charge in [-0.15, -0.1) is 0 Å². The number of hydrogen-bond acceptors (Lipinski definition) is 5. The van der Waals surface area contributed by atoms with Crippen molar-refractivity contribution in [3.63, 3.8) is 0 Å². The third kappa shape index (κ3) is 3.24. The first-order chi connectivity index (χ1) is 10.7. The lowest BCUT2D eigenvalue weighted by molar-refractivity contribution is 0.328. The summed E-state index contributed by atoms with van der Waals surface area (Å²) in [5, 5.41) is 0. The monoisotopic (exact) mass is 338 g/mol. The molecular weight excluding hydrogens is 322 g/mol. The molecular formula is C15H16O5P2. The topological polar surface area (TPSA) is 68.2 Å². The van der Waals surface area contributed by atoms with Gasteiger partial charge in [0.1, 0.15) is 11.5 Å². The minimum absolute atomic E-state index is 0.148. The summed E-state index contributed by atoms with van der Waals surface area (Å²) in [4.78, 5) is 18.2. The molecule has 0 amide bonds. The Morgan fingerprint density at radius 1 is 1.00 bits per heavy atom. The molecule has 0 fully saturated rings. The van der Waals surface area contributed by atoms with Crippen LogP contribution in [0.15, 0.2) is 48.5 Å². The predicted molar refractivity (Wildman–Crippen MR) is 85.6 cm³/mol. The van der Waals surface area contributed by atoms with Gasteiger partial charge in [-0.1, -0.05) is 43.3 Å². The van der Waals surface area contributed by atoms with Crippen LogP contribution in [-0.2, 0) is 4.31 Å². The molecule has 0 saturated carbocycles. The maximum Gasteiger partial charge on any atom is 0.470 e. The second-order valence-electron chi connectivity index (χ2n) is 4.78. The van der Waals surface area contributed by atoms with Crippen molar-refractivity contribution < 1.29 is 23.1 Å². The average Bonchev–Trinajstić information content (AvgIpc) is 2.49. The van der Waals surface area contributed by atoms with E-state index in [2.05, 4.69) is 6.92 Å². The van der Waals surface area contributed by atoms with E-state index in [1.54, 1.807) is 0 Å². The summed E-state index contributed by atoms with van der Waals surface area (Å²) in [5.41, 5.74) is 2.08. The number of fused-ring (bicyclic) bond motifs is 2. The normalized spacial score (nSPS) is 20.2. The molecule has 0 aromatic heterocycles. The molecule has 2 aromatic carbocycles. The van der Waals surface area contributed by atoms with E-state index < -0.39 is 17.2 Å². The van der Waals surface area contributed by atoms with Crippen LogP contribution in [0, 0.1) is 0 Å². The van der Waals surface area contributed by atoms with Gasteiger partial charge in [-0.05, 0) is 18.6 Å². The molecule has 0 unspecified atom stereocenters. The van der Waals surface area contributed by atoms with Crippen molar-refractivity contribution in [2.45, 2.75) is 19.3 Å². The van der Waals surface area contributed by atoms with Gasteiger partial charge in [0.15, 0.2) is 0 Å². The van der Waals surface area contributed by atoms with Gasteiger partial charge in [-0.2, -0.15) is 0 Å². The molecule has 0 spiro atoms. The third-order valence-corrected chi connectivity index (χ3v) is 5.29. The van der Waals surface area contributed by atoms with Crippen molar-refractivity contribution in [1.82, 2.24) is 0 Å². The first-order valence-corrected chi connectivity index (χ1v) is 9.15. The molecule has 0 atom stereocenters. The summed E-state index contributed by atoms with van der Waals surface area (Å²) >= 11 is 0. The lowest BCUT2D eigenvalue weighted by Crippen LogP contribution is -2.09. The van der Waals surface area contributed by atoms with Gasteiger partial charge in [0.25, 0.3) is 0 Å². The van der Waals surface area contributed by atoms with E-state index in [1.807, 2.05) is 48.5 Å². The highest BCUT2D eigenvalue weighted by atomic mass is 31.2. The van der Waals surface area contributed by atoms with Crippen LogP contribution >= 0.6 is 17.2 Å². The van der Waals surface area contributed by atoms with Crippen LogP contribution in [0.25, 0.3) is 0 Å². The molecule has 22 heavy (non-hydrogen) atoms. The Balaban J connectivity index is 2.09. The van der Waals surface area contributed by atoms with Crippen molar-refractivity contribution in [3.05, 3.63) is 59.7 Å². The summed E-state index contributed by atoms with van der Waals surface area (Å²) in [6.07, 6.45) is 0.895. The van der Waals surface area contributed by atoms with E-state index in [-0.39, 0.29) is 5.92 Å². The predicted octanol–water partition coefficient (Wildman–Crippen LogP) is 4.45. The number of rotatable bonds is 3. The Bertz CT molecular complexity index is 600.